The van der Waals surface area contributed by atoms with Crippen molar-refractivity contribution in [1.29, 1.82) is 0 Å². The Kier molecular flexibility index (Phi) is 4.97. The van der Waals surface area contributed by atoms with E-state index in [0.29, 0.717) is 28.2 Å². The van der Waals surface area contributed by atoms with E-state index < -0.39 is 4.92 Å². The zero-order valence-corrected chi connectivity index (χ0v) is 14.6. The minimum Gasteiger partial charge on any atom is -0.436 e. The molecule has 0 radical (unpaired) electrons. The van der Waals surface area contributed by atoms with Gasteiger partial charge in [-0.05, 0) is 31.0 Å². The van der Waals surface area contributed by atoms with Crippen LogP contribution in [-0.2, 0) is 4.79 Å². The molecule has 0 aliphatic rings. The van der Waals surface area contributed by atoms with Gasteiger partial charge in [0, 0.05) is 18.1 Å². The quantitative estimate of drug-likeness (QED) is 0.508. The van der Waals surface area contributed by atoms with Gasteiger partial charge in [0.25, 0.3) is 5.69 Å². The lowest BCUT2D eigenvalue weighted by atomic mass is 10.0. The molecule has 134 valence electrons. The van der Waals surface area contributed by atoms with Gasteiger partial charge in [-0.15, -0.1) is 0 Å². The Morgan fingerprint density at radius 2 is 1.96 bits per heavy atom. The van der Waals surface area contributed by atoms with Crippen molar-refractivity contribution >= 4 is 28.4 Å². The number of carbonyl (C=O) groups is 1. The maximum Gasteiger partial charge on any atom is 0.271 e. The van der Waals surface area contributed by atoms with Crippen LogP contribution >= 0.6 is 0 Å². The average Bonchev–Trinajstić information content (AvgIpc) is 3.06. The Labute approximate surface area is 150 Å². The molecule has 7 heteroatoms. The van der Waals surface area contributed by atoms with Crippen LogP contribution in [0, 0.1) is 16.0 Å². The molecule has 3 aromatic rings. The molecule has 3 rings (SSSR count). The number of nitro benzene ring substituents is 1. The number of nitrogens with zero attached hydrogens (tertiary/aromatic N) is 2. The van der Waals surface area contributed by atoms with E-state index >= 15 is 0 Å². The smallest absolute Gasteiger partial charge is 0.271 e. The number of nitro groups is 1. The van der Waals surface area contributed by atoms with Crippen LogP contribution in [0.2, 0.25) is 0 Å². The minimum atomic E-state index is -0.475. The number of aromatic nitrogens is 1. The number of non-ortho nitro benzene ring substituents is 1. The molecule has 0 saturated heterocycles. The van der Waals surface area contributed by atoms with E-state index in [2.05, 4.69) is 10.3 Å². The van der Waals surface area contributed by atoms with Crippen molar-refractivity contribution in [2.24, 2.45) is 5.92 Å². The minimum absolute atomic E-state index is 0.0470. The van der Waals surface area contributed by atoms with Gasteiger partial charge in [0.05, 0.1) is 16.2 Å². The lowest BCUT2D eigenvalue weighted by Crippen LogP contribution is -2.21. The number of carbonyl (C=O) groups excluding carboxylic acids is 1. The van der Waals surface area contributed by atoms with Crippen molar-refractivity contribution < 1.29 is 14.1 Å². The van der Waals surface area contributed by atoms with Crippen molar-refractivity contribution in [2.45, 2.75) is 26.7 Å². The van der Waals surface area contributed by atoms with Crippen molar-refractivity contribution in [3.05, 3.63) is 52.6 Å². The van der Waals surface area contributed by atoms with E-state index in [1.165, 1.54) is 18.2 Å². The number of hydrogen-bond donors (Lipinski definition) is 1. The molecule has 1 amide bonds. The van der Waals surface area contributed by atoms with Crippen LogP contribution in [0.3, 0.4) is 0 Å². The van der Waals surface area contributed by atoms with Gasteiger partial charge in [0.2, 0.25) is 11.8 Å². The fraction of sp³-hybridized carbons (Fsp3) is 0.263. The monoisotopic (exact) mass is 353 g/mol. The topological polar surface area (TPSA) is 98.3 Å². The molecule has 1 aromatic heterocycles. The molecule has 0 unspecified atom stereocenters. The molecule has 7 nitrogen and oxygen atoms in total. The predicted molar refractivity (Wildman–Crippen MR) is 98.8 cm³/mol. The summed E-state index contributed by atoms with van der Waals surface area (Å²) >= 11 is 0. The Hall–Kier alpha value is -3.22. The van der Waals surface area contributed by atoms with Gasteiger partial charge in [-0.1, -0.05) is 26.0 Å². The second-order valence-corrected chi connectivity index (χ2v) is 5.98. The van der Waals surface area contributed by atoms with E-state index in [-0.39, 0.29) is 17.5 Å². The number of amides is 1. The molecule has 26 heavy (non-hydrogen) atoms. The van der Waals surface area contributed by atoms with Crippen LogP contribution < -0.4 is 5.32 Å². The third-order valence-corrected chi connectivity index (χ3v) is 4.35. The summed E-state index contributed by atoms with van der Waals surface area (Å²) in [6.07, 6.45) is 1.52. The van der Waals surface area contributed by atoms with Gasteiger partial charge in [0.1, 0.15) is 5.52 Å². The van der Waals surface area contributed by atoms with Gasteiger partial charge in [-0.25, -0.2) is 4.98 Å². The summed E-state index contributed by atoms with van der Waals surface area (Å²) in [6, 6.07) is 11.5. The van der Waals surface area contributed by atoms with Crippen LogP contribution in [0.1, 0.15) is 26.7 Å². The standard InChI is InChI=1S/C19H19N3O4/c1-3-12(4-2)18(23)20-15-8-6-5-7-14(15)19-21-16-11-13(22(24)25)9-10-17(16)26-19/h5-12H,3-4H2,1-2H3,(H,20,23). The highest BCUT2D eigenvalue weighted by atomic mass is 16.6. The first-order valence-corrected chi connectivity index (χ1v) is 8.48. The van der Waals surface area contributed by atoms with Crippen LogP contribution in [0.4, 0.5) is 11.4 Å². The largest absolute Gasteiger partial charge is 0.436 e. The molecule has 0 aliphatic carbocycles. The molecule has 0 atom stereocenters. The zero-order chi connectivity index (χ0) is 18.7. The molecule has 0 fully saturated rings. The fourth-order valence-electron chi connectivity index (χ4n) is 2.82. The van der Waals surface area contributed by atoms with Gasteiger partial charge < -0.3 is 9.73 Å². The summed E-state index contributed by atoms with van der Waals surface area (Å²) in [7, 11) is 0. The van der Waals surface area contributed by atoms with Crippen molar-refractivity contribution in [2.75, 3.05) is 5.32 Å². The van der Waals surface area contributed by atoms with Crippen LogP contribution in [0.15, 0.2) is 46.9 Å². The van der Waals surface area contributed by atoms with E-state index in [1.807, 2.05) is 26.0 Å². The Balaban J connectivity index is 1.98. The predicted octanol–water partition coefficient (Wildman–Crippen LogP) is 4.78. The lowest BCUT2D eigenvalue weighted by molar-refractivity contribution is -0.384. The van der Waals surface area contributed by atoms with Crippen molar-refractivity contribution in [3.8, 4) is 11.5 Å². The molecular weight excluding hydrogens is 334 g/mol. The molecule has 0 saturated carbocycles. The molecule has 1 heterocycles. The molecular formula is C19H19N3O4. The van der Waals surface area contributed by atoms with Crippen LogP contribution in [0.25, 0.3) is 22.6 Å². The maximum atomic E-state index is 12.4. The van der Waals surface area contributed by atoms with E-state index in [0.717, 1.165) is 12.8 Å². The number of para-hydroxylation sites is 1. The van der Waals surface area contributed by atoms with E-state index in [1.54, 1.807) is 12.1 Å². The van der Waals surface area contributed by atoms with E-state index in [4.69, 9.17) is 4.42 Å². The average molecular weight is 353 g/mol. The van der Waals surface area contributed by atoms with Crippen molar-refractivity contribution in [3.63, 3.8) is 0 Å². The van der Waals surface area contributed by atoms with Gasteiger partial charge in [-0.3, -0.25) is 14.9 Å². The van der Waals surface area contributed by atoms with E-state index in [9.17, 15) is 14.9 Å². The summed E-state index contributed by atoms with van der Waals surface area (Å²) < 4.78 is 5.74. The number of hydrogen-bond acceptors (Lipinski definition) is 5. The number of anilines is 1. The van der Waals surface area contributed by atoms with Gasteiger partial charge in [0.15, 0.2) is 5.58 Å². The molecule has 0 bridgehead atoms. The summed E-state index contributed by atoms with van der Waals surface area (Å²) in [6.45, 7) is 3.96. The number of oxazole rings is 1. The molecule has 2 aromatic carbocycles. The second-order valence-electron chi connectivity index (χ2n) is 5.98. The lowest BCUT2D eigenvalue weighted by Gasteiger charge is -2.14. The van der Waals surface area contributed by atoms with Crippen molar-refractivity contribution in [1.82, 2.24) is 4.98 Å². The molecule has 0 aliphatic heterocycles. The Morgan fingerprint density at radius 3 is 2.65 bits per heavy atom. The number of fused-ring (bicyclic) bond motifs is 1. The fourth-order valence-corrected chi connectivity index (χ4v) is 2.82. The second kappa shape index (κ2) is 7.35. The third kappa shape index (κ3) is 3.42. The number of nitrogens with one attached hydrogen (secondary N) is 1. The first-order chi connectivity index (χ1) is 12.5. The normalized spacial score (nSPS) is 11.0. The molecule has 0 spiro atoms. The SMILES string of the molecule is CCC(CC)C(=O)Nc1ccccc1-c1nc2cc([N+](=O)[O-])ccc2o1. The summed E-state index contributed by atoms with van der Waals surface area (Å²) in [5.41, 5.74) is 2.03. The number of rotatable bonds is 6. The van der Waals surface area contributed by atoms with Crippen LogP contribution in [-0.4, -0.2) is 15.8 Å². The summed E-state index contributed by atoms with van der Waals surface area (Å²) in [5, 5.41) is 13.9. The first-order valence-electron chi connectivity index (χ1n) is 8.48. The number of benzene rings is 2. The maximum absolute atomic E-state index is 12.4. The Morgan fingerprint density at radius 1 is 1.23 bits per heavy atom. The summed E-state index contributed by atoms with van der Waals surface area (Å²) in [4.78, 5) is 27.2. The summed E-state index contributed by atoms with van der Waals surface area (Å²) in [5.74, 6) is 0.199. The zero-order valence-electron chi connectivity index (χ0n) is 14.6. The highest BCUT2D eigenvalue weighted by molar-refractivity contribution is 5.96. The van der Waals surface area contributed by atoms with Gasteiger partial charge in [-0.2, -0.15) is 0 Å². The Bertz CT molecular complexity index is 960. The third-order valence-electron chi connectivity index (χ3n) is 4.35. The highest BCUT2D eigenvalue weighted by Gasteiger charge is 2.19. The highest BCUT2D eigenvalue weighted by Crippen LogP contribution is 2.31. The van der Waals surface area contributed by atoms with Crippen LogP contribution in [0.5, 0.6) is 0 Å². The molecule has 1 N–H and O–H groups in total. The van der Waals surface area contributed by atoms with Gasteiger partial charge >= 0.3 is 0 Å². The first kappa shape index (κ1) is 17.6.